The van der Waals surface area contributed by atoms with Crippen molar-refractivity contribution in [2.75, 3.05) is 0 Å². The first-order valence-electron chi connectivity index (χ1n) is 6.72. The largest absolute Gasteiger partial charge is 0.339 e. The van der Waals surface area contributed by atoms with E-state index in [0.29, 0.717) is 5.89 Å². The first kappa shape index (κ1) is 15.1. The topological polar surface area (TPSA) is 64.9 Å². The van der Waals surface area contributed by atoms with Crippen molar-refractivity contribution in [3.63, 3.8) is 0 Å². The van der Waals surface area contributed by atoms with Crippen LogP contribution >= 0.6 is 11.8 Å². The van der Waals surface area contributed by atoms with Gasteiger partial charge in [-0.15, -0.1) is 11.8 Å². The number of nitrogens with zero attached hydrogens (tertiary/aromatic N) is 2. The Labute approximate surface area is 124 Å². The van der Waals surface area contributed by atoms with Crippen LogP contribution in [0.25, 0.3) is 0 Å². The van der Waals surface area contributed by atoms with Gasteiger partial charge in [-0.25, -0.2) is 0 Å². The second-order valence-electron chi connectivity index (χ2n) is 5.70. The lowest BCUT2D eigenvalue weighted by atomic mass is 10.0. The van der Waals surface area contributed by atoms with Gasteiger partial charge in [0.1, 0.15) is 0 Å². The molecule has 2 rings (SSSR count). The second-order valence-corrected chi connectivity index (χ2v) is 6.75. The van der Waals surface area contributed by atoms with Gasteiger partial charge in [-0.2, -0.15) is 4.98 Å². The molecule has 0 amide bonds. The van der Waals surface area contributed by atoms with Gasteiger partial charge in [0.15, 0.2) is 5.82 Å². The number of aryl methyl sites for hydroxylation is 2. The van der Waals surface area contributed by atoms with E-state index in [1.807, 2.05) is 13.8 Å². The first-order chi connectivity index (χ1) is 9.42. The minimum atomic E-state index is -0.203. The lowest BCUT2D eigenvalue weighted by Crippen LogP contribution is -2.32. The molecule has 2 aromatic rings. The predicted octanol–water partition coefficient (Wildman–Crippen LogP) is 3.34. The Bertz CT molecular complexity index is 560. The third kappa shape index (κ3) is 4.98. The van der Waals surface area contributed by atoms with Crippen molar-refractivity contribution < 1.29 is 4.52 Å². The van der Waals surface area contributed by atoms with Gasteiger partial charge in [-0.05, 0) is 39.3 Å². The van der Waals surface area contributed by atoms with E-state index in [9.17, 15) is 0 Å². The highest BCUT2D eigenvalue weighted by Crippen LogP contribution is 2.22. The van der Waals surface area contributed by atoms with Gasteiger partial charge in [0.05, 0.1) is 5.75 Å². The maximum atomic E-state index is 5.94. The van der Waals surface area contributed by atoms with E-state index < -0.39 is 0 Å². The standard InChI is InChI=1S/C15H21N3OS/c1-11-5-4-6-12(9-11)20-10-13-17-14(19-18-13)7-8-15(2,3)16/h4-6,9H,7-8,10,16H2,1-3H3. The van der Waals surface area contributed by atoms with Gasteiger partial charge in [-0.3, -0.25) is 0 Å². The van der Waals surface area contributed by atoms with E-state index in [0.717, 1.165) is 24.4 Å². The lowest BCUT2D eigenvalue weighted by Gasteiger charge is -2.16. The summed E-state index contributed by atoms with van der Waals surface area (Å²) >= 11 is 1.71. The third-order valence-corrected chi connectivity index (χ3v) is 3.84. The smallest absolute Gasteiger partial charge is 0.226 e. The summed E-state index contributed by atoms with van der Waals surface area (Å²) in [5.41, 5.74) is 7.00. The Morgan fingerprint density at radius 3 is 2.85 bits per heavy atom. The molecule has 0 bridgehead atoms. The van der Waals surface area contributed by atoms with Gasteiger partial charge in [0, 0.05) is 16.9 Å². The van der Waals surface area contributed by atoms with Gasteiger partial charge < -0.3 is 10.3 Å². The molecule has 1 heterocycles. The summed E-state index contributed by atoms with van der Waals surface area (Å²) in [5, 5.41) is 4.01. The number of benzene rings is 1. The molecular formula is C15H21N3OS. The Morgan fingerprint density at radius 2 is 2.15 bits per heavy atom. The van der Waals surface area contributed by atoms with E-state index in [2.05, 4.69) is 41.3 Å². The van der Waals surface area contributed by atoms with Crippen LogP contribution in [0, 0.1) is 6.92 Å². The van der Waals surface area contributed by atoms with Crippen LogP contribution in [0.3, 0.4) is 0 Å². The van der Waals surface area contributed by atoms with Crippen LogP contribution in [0.2, 0.25) is 0 Å². The molecule has 0 saturated heterocycles. The third-order valence-electron chi connectivity index (χ3n) is 2.85. The molecule has 0 spiro atoms. The minimum Gasteiger partial charge on any atom is -0.339 e. The van der Waals surface area contributed by atoms with Crippen LogP contribution in [0.15, 0.2) is 33.7 Å². The van der Waals surface area contributed by atoms with Crippen molar-refractivity contribution in [1.29, 1.82) is 0 Å². The maximum Gasteiger partial charge on any atom is 0.226 e. The number of thioether (sulfide) groups is 1. The van der Waals surface area contributed by atoms with Crippen LogP contribution in [-0.2, 0) is 12.2 Å². The summed E-state index contributed by atoms with van der Waals surface area (Å²) in [5.74, 6) is 2.13. The van der Waals surface area contributed by atoms with Crippen molar-refractivity contribution in [2.24, 2.45) is 5.73 Å². The molecule has 4 nitrogen and oxygen atoms in total. The van der Waals surface area contributed by atoms with E-state index >= 15 is 0 Å². The summed E-state index contributed by atoms with van der Waals surface area (Å²) in [6, 6.07) is 8.39. The Hall–Kier alpha value is -1.33. The van der Waals surface area contributed by atoms with E-state index in [1.54, 1.807) is 11.8 Å². The molecular weight excluding hydrogens is 270 g/mol. The average Bonchev–Trinajstić information content (AvgIpc) is 2.81. The molecule has 0 fully saturated rings. The molecule has 0 aliphatic carbocycles. The highest BCUT2D eigenvalue weighted by Gasteiger charge is 2.14. The summed E-state index contributed by atoms with van der Waals surface area (Å²) < 4.78 is 5.24. The van der Waals surface area contributed by atoms with Crippen LogP contribution in [0.4, 0.5) is 0 Å². The molecule has 0 radical (unpaired) electrons. The van der Waals surface area contributed by atoms with Crippen LogP contribution in [-0.4, -0.2) is 15.7 Å². The van der Waals surface area contributed by atoms with Crippen LogP contribution < -0.4 is 5.73 Å². The number of rotatable bonds is 6. The van der Waals surface area contributed by atoms with Crippen molar-refractivity contribution in [2.45, 2.75) is 49.8 Å². The van der Waals surface area contributed by atoms with Gasteiger partial charge in [0.25, 0.3) is 0 Å². The molecule has 0 unspecified atom stereocenters. The molecule has 0 aliphatic heterocycles. The van der Waals surface area contributed by atoms with E-state index in [-0.39, 0.29) is 5.54 Å². The highest BCUT2D eigenvalue weighted by molar-refractivity contribution is 7.98. The van der Waals surface area contributed by atoms with Crippen LogP contribution in [0.1, 0.15) is 37.5 Å². The molecule has 108 valence electrons. The van der Waals surface area contributed by atoms with Gasteiger partial charge in [-0.1, -0.05) is 22.9 Å². The number of nitrogens with two attached hydrogens (primary N) is 1. The Balaban J connectivity index is 1.87. The average molecular weight is 291 g/mol. The Kier molecular flexibility index (Phi) is 4.83. The lowest BCUT2D eigenvalue weighted by molar-refractivity contribution is 0.355. The fraction of sp³-hybridized carbons (Fsp3) is 0.467. The zero-order valence-corrected chi connectivity index (χ0v) is 13.0. The normalized spacial score (nSPS) is 11.8. The molecule has 2 N–H and O–H groups in total. The predicted molar refractivity (Wildman–Crippen MR) is 81.6 cm³/mol. The molecule has 5 heteroatoms. The van der Waals surface area contributed by atoms with E-state index in [4.69, 9.17) is 10.3 Å². The summed E-state index contributed by atoms with van der Waals surface area (Å²) in [7, 11) is 0. The minimum absolute atomic E-state index is 0.203. The second kappa shape index (κ2) is 6.41. The molecule has 20 heavy (non-hydrogen) atoms. The molecule has 0 aliphatic rings. The number of aromatic nitrogens is 2. The zero-order valence-electron chi connectivity index (χ0n) is 12.2. The molecule has 0 atom stereocenters. The van der Waals surface area contributed by atoms with Crippen molar-refractivity contribution in [1.82, 2.24) is 10.1 Å². The molecule has 1 aromatic heterocycles. The fourth-order valence-electron chi connectivity index (χ4n) is 1.73. The zero-order chi connectivity index (χ0) is 14.6. The first-order valence-corrected chi connectivity index (χ1v) is 7.71. The van der Waals surface area contributed by atoms with Gasteiger partial charge >= 0.3 is 0 Å². The molecule has 1 aromatic carbocycles. The summed E-state index contributed by atoms with van der Waals surface area (Å²) in [6.07, 6.45) is 1.56. The Morgan fingerprint density at radius 1 is 1.35 bits per heavy atom. The van der Waals surface area contributed by atoms with Crippen LogP contribution in [0.5, 0.6) is 0 Å². The highest BCUT2D eigenvalue weighted by atomic mass is 32.2. The fourth-order valence-corrected chi connectivity index (χ4v) is 2.59. The van der Waals surface area contributed by atoms with Gasteiger partial charge in [0.2, 0.25) is 5.89 Å². The maximum absolute atomic E-state index is 5.94. The summed E-state index contributed by atoms with van der Waals surface area (Å²) in [4.78, 5) is 5.62. The van der Waals surface area contributed by atoms with Crippen molar-refractivity contribution in [3.8, 4) is 0 Å². The van der Waals surface area contributed by atoms with Crippen molar-refractivity contribution in [3.05, 3.63) is 41.5 Å². The van der Waals surface area contributed by atoms with E-state index in [1.165, 1.54) is 10.5 Å². The SMILES string of the molecule is Cc1cccc(SCc2noc(CCC(C)(C)N)n2)c1. The number of hydrogen-bond acceptors (Lipinski definition) is 5. The van der Waals surface area contributed by atoms with Crippen molar-refractivity contribution >= 4 is 11.8 Å². The summed E-state index contributed by atoms with van der Waals surface area (Å²) in [6.45, 7) is 6.08. The number of hydrogen-bond donors (Lipinski definition) is 1. The molecule has 0 saturated carbocycles. The quantitative estimate of drug-likeness (QED) is 0.827. The monoisotopic (exact) mass is 291 g/mol.